The van der Waals surface area contributed by atoms with Gasteiger partial charge in [-0.15, -0.1) is 0 Å². The van der Waals surface area contributed by atoms with Crippen molar-refractivity contribution in [1.82, 2.24) is 10.6 Å². The summed E-state index contributed by atoms with van der Waals surface area (Å²) in [4.78, 5) is 4.40. The Hall–Kier alpha value is -1.83. The maximum atomic E-state index is 5.86. The van der Waals surface area contributed by atoms with Gasteiger partial charge in [0.15, 0.2) is 5.96 Å². The molecule has 0 atom stereocenters. The molecule has 3 rings (SSSR count). The quantitative estimate of drug-likeness (QED) is 0.336. The normalized spacial score (nSPS) is 19.7. The Morgan fingerprint density at radius 3 is 2.45 bits per heavy atom. The molecule has 2 aliphatic rings. The molecule has 0 radical (unpaired) electrons. The average Bonchev–Trinajstić information content (AvgIpc) is 2.84. The van der Waals surface area contributed by atoms with Gasteiger partial charge in [0.1, 0.15) is 5.75 Å². The van der Waals surface area contributed by atoms with Crippen LogP contribution in [0.2, 0.25) is 0 Å². The summed E-state index contributed by atoms with van der Waals surface area (Å²) in [5, 5.41) is 6.97. The smallest absolute Gasteiger partial charge is 0.191 e. The van der Waals surface area contributed by atoms with Gasteiger partial charge < -0.3 is 29.6 Å². The first kappa shape index (κ1) is 23.8. The minimum absolute atomic E-state index is 0.0367. The molecule has 0 amide bonds. The lowest BCUT2D eigenvalue weighted by molar-refractivity contribution is 0.0203. The van der Waals surface area contributed by atoms with E-state index in [4.69, 9.17) is 18.9 Å². The largest absolute Gasteiger partial charge is 0.497 e. The van der Waals surface area contributed by atoms with Gasteiger partial charge in [-0.3, -0.25) is 4.99 Å². The van der Waals surface area contributed by atoms with Gasteiger partial charge in [0, 0.05) is 65.2 Å². The second-order valence-corrected chi connectivity index (χ2v) is 8.46. The van der Waals surface area contributed by atoms with Crippen molar-refractivity contribution in [3.8, 4) is 5.75 Å². The zero-order chi connectivity index (χ0) is 21.8. The standard InChI is InChI=1S/C24H39N3O4/c1-25-23(26-12-3-13-31-18-20-8-14-29-15-9-20)27-19-24(10-16-30-17-11-24)21-4-6-22(28-2)7-5-21/h4-7,20H,3,8-19H2,1-2H3,(H2,25,26,27). The third kappa shape index (κ3) is 7.37. The highest BCUT2D eigenvalue weighted by atomic mass is 16.5. The van der Waals surface area contributed by atoms with Crippen LogP contribution in [0.5, 0.6) is 5.75 Å². The van der Waals surface area contributed by atoms with E-state index in [-0.39, 0.29) is 5.41 Å². The Morgan fingerprint density at radius 1 is 1.06 bits per heavy atom. The van der Waals surface area contributed by atoms with Crippen molar-refractivity contribution in [3.05, 3.63) is 29.8 Å². The van der Waals surface area contributed by atoms with Crippen molar-refractivity contribution in [3.63, 3.8) is 0 Å². The van der Waals surface area contributed by atoms with Crippen LogP contribution in [0.15, 0.2) is 29.3 Å². The molecule has 174 valence electrons. The zero-order valence-electron chi connectivity index (χ0n) is 19.2. The van der Waals surface area contributed by atoms with E-state index < -0.39 is 0 Å². The molecule has 0 spiro atoms. The third-order valence-corrected chi connectivity index (χ3v) is 6.42. The molecule has 2 saturated heterocycles. The second-order valence-electron chi connectivity index (χ2n) is 8.46. The Kier molecular flexibility index (Phi) is 9.90. The predicted molar refractivity (Wildman–Crippen MR) is 123 cm³/mol. The van der Waals surface area contributed by atoms with Gasteiger partial charge >= 0.3 is 0 Å². The number of hydrogen-bond donors (Lipinski definition) is 2. The molecule has 0 aliphatic carbocycles. The summed E-state index contributed by atoms with van der Waals surface area (Å²) in [5.41, 5.74) is 1.36. The maximum Gasteiger partial charge on any atom is 0.191 e. The first-order valence-electron chi connectivity index (χ1n) is 11.6. The SMILES string of the molecule is CN=C(NCCCOCC1CCOCC1)NCC1(c2ccc(OC)cc2)CCOCC1. The lowest BCUT2D eigenvalue weighted by Crippen LogP contribution is -2.48. The van der Waals surface area contributed by atoms with Gasteiger partial charge in [0.25, 0.3) is 0 Å². The summed E-state index contributed by atoms with van der Waals surface area (Å²) in [6, 6.07) is 8.44. The first-order valence-corrected chi connectivity index (χ1v) is 11.6. The first-order chi connectivity index (χ1) is 15.3. The van der Waals surface area contributed by atoms with Crippen molar-refractivity contribution in [2.75, 3.05) is 66.9 Å². The van der Waals surface area contributed by atoms with Crippen LogP contribution in [0.4, 0.5) is 0 Å². The molecule has 0 unspecified atom stereocenters. The topological polar surface area (TPSA) is 73.3 Å². The molecule has 0 aromatic heterocycles. The van der Waals surface area contributed by atoms with Gasteiger partial charge in [-0.05, 0) is 55.7 Å². The minimum atomic E-state index is 0.0367. The zero-order valence-corrected chi connectivity index (χ0v) is 19.2. The van der Waals surface area contributed by atoms with E-state index in [0.717, 1.165) is 96.5 Å². The fourth-order valence-electron chi connectivity index (χ4n) is 4.29. The Labute approximate surface area is 186 Å². The van der Waals surface area contributed by atoms with E-state index in [1.54, 1.807) is 7.11 Å². The molecule has 7 heteroatoms. The molecular weight excluding hydrogens is 394 g/mol. The van der Waals surface area contributed by atoms with Crippen LogP contribution < -0.4 is 15.4 Å². The Morgan fingerprint density at radius 2 is 1.77 bits per heavy atom. The van der Waals surface area contributed by atoms with Gasteiger partial charge in [0.05, 0.1) is 7.11 Å². The molecule has 7 nitrogen and oxygen atoms in total. The summed E-state index contributed by atoms with van der Waals surface area (Å²) in [6.45, 7) is 6.60. The molecule has 2 heterocycles. The fourth-order valence-corrected chi connectivity index (χ4v) is 4.29. The number of ether oxygens (including phenoxy) is 4. The maximum absolute atomic E-state index is 5.86. The monoisotopic (exact) mass is 433 g/mol. The molecule has 2 N–H and O–H groups in total. The molecule has 1 aromatic carbocycles. The number of methoxy groups -OCH3 is 1. The van der Waals surface area contributed by atoms with Crippen LogP contribution in [-0.4, -0.2) is 72.8 Å². The number of hydrogen-bond acceptors (Lipinski definition) is 5. The molecule has 0 saturated carbocycles. The molecule has 0 bridgehead atoms. The van der Waals surface area contributed by atoms with Crippen molar-refractivity contribution < 1.29 is 18.9 Å². The van der Waals surface area contributed by atoms with E-state index in [2.05, 4.69) is 27.8 Å². The average molecular weight is 434 g/mol. The Bertz CT molecular complexity index is 653. The number of nitrogens with one attached hydrogen (secondary N) is 2. The van der Waals surface area contributed by atoms with E-state index >= 15 is 0 Å². The summed E-state index contributed by atoms with van der Waals surface area (Å²) in [5.74, 6) is 2.38. The highest BCUT2D eigenvalue weighted by molar-refractivity contribution is 5.79. The number of nitrogens with zero attached hydrogens (tertiary/aromatic N) is 1. The van der Waals surface area contributed by atoms with Crippen LogP contribution in [0.3, 0.4) is 0 Å². The van der Waals surface area contributed by atoms with Crippen LogP contribution in [0.1, 0.15) is 37.7 Å². The van der Waals surface area contributed by atoms with Crippen LogP contribution >= 0.6 is 0 Å². The van der Waals surface area contributed by atoms with Crippen molar-refractivity contribution in [1.29, 1.82) is 0 Å². The van der Waals surface area contributed by atoms with Gasteiger partial charge in [0.2, 0.25) is 0 Å². The minimum Gasteiger partial charge on any atom is -0.497 e. The summed E-state index contributed by atoms with van der Waals surface area (Å²) >= 11 is 0. The molecule has 1 aromatic rings. The molecule has 2 fully saturated rings. The van der Waals surface area contributed by atoms with E-state index in [1.165, 1.54) is 5.56 Å². The van der Waals surface area contributed by atoms with E-state index in [0.29, 0.717) is 5.92 Å². The second kappa shape index (κ2) is 12.9. The van der Waals surface area contributed by atoms with Gasteiger partial charge in [-0.2, -0.15) is 0 Å². The summed E-state index contributed by atoms with van der Waals surface area (Å²) in [6.07, 6.45) is 5.18. The fraction of sp³-hybridized carbons (Fsp3) is 0.708. The number of guanidine groups is 1. The van der Waals surface area contributed by atoms with Crippen molar-refractivity contribution in [2.24, 2.45) is 10.9 Å². The molecular formula is C24H39N3O4. The summed E-state index contributed by atoms with van der Waals surface area (Å²) in [7, 11) is 3.52. The number of rotatable bonds is 10. The van der Waals surface area contributed by atoms with Crippen LogP contribution in [0, 0.1) is 5.92 Å². The van der Waals surface area contributed by atoms with E-state index in [1.807, 2.05) is 19.2 Å². The molecule has 2 aliphatic heterocycles. The van der Waals surface area contributed by atoms with E-state index in [9.17, 15) is 0 Å². The van der Waals surface area contributed by atoms with Crippen molar-refractivity contribution >= 4 is 5.96 Å². The van der Waals surface area contributed by atoms with Crippen LogP contribution in [-0.2, 0) is 19.6 Å². The third-order valence-electron chi connectivity index (χ3n) is 6.42. The molecule has 31 heavy (non-hydrogen) atoms. The number of benzene rings is 1. The summed E-state index contributed by atoms with van der Waals surface area (Å²) < 4.78 is 22.2. The lowest BCUT2D eigenvalue weighted by Gasteiger charge is -2.38. The van der Waals surface area contributed by atoms with Gasteiger partial charge in [-0.1, -0.05) is 12.1 Å². The van der Waals surface area contributed by atoms with Gasteiger partial charge in [-0.25, -0.2) is 0 Å². The highest BCUT2D eigenvalue weighted by Gasteiger charge is 2.34. The highest BCUT2D eigenvalue weighted by Crippen LogP contribution is 2.35. The van der Waals surface area contributed by atoms with Crippen LogP contribution in [0.25, 0.3) is 0 Å². The Balaban J connectivity index is 1.41. The lowest BCUT2D eigenvalue weighted by atomic mass is 9.74. The van der Waals surface area contributed by atoms with Crippen molar-refractivity contribution in [2.45, 2.75) is 37.5 Å². The number of aliphatic imine (C=N–C) groups is 1. The predicted octanol–water partition coefficient (Wildman–Crippen LogP) is 2.74.